The van der Waals surface area contributed by atoms with Gasteiger partial charge in [-0.05, 0) is 42.3 Å². The van der Waals surface area contributed by atoms with E-state index in [0.717, 1.165) is 5.56 Å². The van der Waals surface area contributed by atoms with Crippen molar-refractivity contribution in [3.63, 3.8) is 0 Å². The third kappa shape index (κ3) is 5.93. The predicted octanol–water partition coefficient (Wildman–Crippen LogP) is 3.24. The molecule has 27 heavy (non-hydrogen) atoms. The molecule has 0 aliphatic rings. The van der Waals surface area contributed by atoms with Gasteiger partial charge in [0, 0.05) is 5.57 Å². The Morgan fingerprint density at radius 2 is 1.78 bits per heavy atom. The number of esters is 2. The SMILES string of the molecule is C=C(C)C(=O)OCCC(=O)Oc1ccc(-c2ccc(OCO)cc2)cc1F. The van der Waals surface area contributed by atoms with Gasteiger partial charge in [-0.2, -0.15) is 0 Å². The first kappa shape index (κ1) is 20.1. The van der Waals surface area contributed by atoms with E-state index in [1.807, 2.05) is 0 Å². The van der Waals surface area contributed by atoms with Crippen LogP contribution in [0.3, 0.4) is 0 Å². The summed E-state index contributed by atoms with van der Waals surface area (Å²) in [4.78, 5) is 22.9. The molecule has 0 atom stereocenters. The fraction of sp³-hybridized carbons (Fsp3) is 0.200. The number of hydrogen-bond donors (Lipinski definition) is 1. The van der Waals surface area contributed by atoms with Gasteiger partial charge in [0.25, 0.3) is 0 Å². The third-order valence-corrected chi connectivity index (χ3v) is 3.46. The third-order valence-electron chi connectivity index (χ3n) is 3.46. The first-order valence-electron chi connectivity index (χ1n) is 8.07. The highest BCUT2D eigenvalue weighted by Gasteiger charge is 2.12. The molecule has 142 valence electrons. The monoisotopic (exact) mass is 374 g/mol. The van der Waals surface area contributed by atoms with Crippen molar-refractivity contribution in [2.45, 2.75) is 13.3 Å². The smallest absolute Gasteiger partial charge is 0.333 e. The number of aliphatic hydroxyl groups is 1. The second-order valence-electron chi connectivity index (χ2n) is 5.58. The molecule has 0 radical (unpaired) electrons. The van der Waals surface area contributed by atoms with Crippen molar-refractivity contribution in [1.82, 2.24) is 0 Å². The molecule has 6 nitrogen and oxygen atoms in total. The zero-order valence-electron chi connectivity index (χ0n) is 14.7. The van der Waals surface area contributed by atoms with Crippen LogP contribution in [0.5, 0.6) is 11.5 Å². The fourth-order valence-corrected chi connectivity index (χ4v) is 2.11. The van der Waals surface area contributed by atoms with E-state index in [-0.39, 0.29) is 24.4 Å². The summed E-state index contributed by atoms with van der Waals surface area (Å²) in [5.41, 5.74) is 1.53. The van der Waals surface area contributed by atoms with Gasteiger partial charge in [0.05, 0.1) is 6.42 Å². The van der Waals surface area contributed by atoms with Gasteiger partial charge in [0.2, 0.25) is 0 Å². The molecule has 1 N–H and O–H groups in total. The minimum Gasteiger partial charge on any atom is -0.468 e. The average Bonchev–Trinajstić information content (AvgIpc) is 2.64. The molecule has 2 aromatic carbocycles. The van der Waals surface area contributed by atoms with Crippen LogP contribution in [0, 0.1) is 5.82 Å². The Labute approximate surface area is 155 Å². The Bertz CT molecular complexity index is 829. The van der Waals surface area contributed by atoms with Crippen LogP contribution in [0.2, 0.25) is 0 Å². The maximum Gasteiger partial charge on any atom is 0.333 e. The van der Waals surface area contributed by atoms with E-state index in [1.165, 1.54) is 19.1 Å². The van der Waals surface area contributed by atoms with Crippen molar-refractivity contribution in [3.8, 4) is 22.6 Å². The summed E-state index contributed by atoms with van der Waals surface area (Å²) in [6, 6.07) is 10.9. The zero-order chi connectivity index (χ0) is 19.8. The van der Waals surface area contributed by atoms with Gasteiger partial charge in [-0.25, -0.2) is 9.18 Å². The molecule has 0 fully saturated rings. The van der Waals surface area contributed by atoms with Crippen molar-refractivity contribution in [1.29, 1.82) is 0 Å². The summed E-state index contributed by atoms with van der Waals surface area (Å²) in [5.74, 6) is -1.75. The van der Waals surface area contributed by atoms with E-state index in [4.69, 9.17) is 19.3 Å². The molecule has 2 rings (SSSR count). The van der Waals surface area contributed by atoms with E-state index >= 15 is 0 Å². The number of halogens is 1. The predicted molar refractivity (Wildman–Crippen MR) is 95.6 cm³/mol. The molecule has 7 heteroatoms. The van der Waals surface area contributed by atoms with Crippen LogP contribution in [0.25, 0.3) is 11.1 Å². The van der Waals surface area contributed by atoms with E-state index in [1.54, 1.807) is 30.3 Å². The molecule has 0 saturated carbocycles. The van der Waals surface area contributed by atoms with Crippen LogP contribution in [0.15, 0.2) is 54.6 Å². The summed E-state index contributed by atoms with van der Waals surface area (Å²) < 4.78 is 28.9. The van der Waals surface area contributed by atoms with E-state index in [2.05, 4.69) is 6.58 Å². The summed E-state index contributed by atoms with van der Waals surface area (Å²) >= 11 is 0. The minimum absolute atomic E-state index is 0.174. The highest BCUT2D eigenvalue weighted by atomic mass is 19.1. The summed E-state index contributed by atoms with van der Waals surface area (Å²) in [6.45, 7) is 4.31. The van der Waals surface area contributed by atoms with Crippen LogP contribution in [-0.4, -0.2) is 30.4 Å². The molecule has 0 aromatic heterocycles. The Hall–Kier alpha value is -3.19. The minimum atomic E-state index is -0.721. The number of ether oxygens (including phenoxy) is 3. The van der Waals surface area contributed by atoms with Crippen molar-refractivity contribution in [2.24, 2.45) is 0 Å². The van der Waals surface area contributed by atoms with Gasteiger partial charge >= 0.3 is 11.9 Å². The maximum atomic E-state index is 14.2. The maximum absolute atomic E-state index is 14.2. The molecule has 0 saturated heterocycles. The first-order valence-corrected chi connectivity index (χ1v) is 8.07. The standard InChI is InChI=1S/C20H19FO6/c1-13(2)20(24)25-10-9-19(23)27-18-8-5-15(11-17(18)21)14-3-6-16(7-4-14)26-12-22/h3-8,11,22H,1,9-10,12H2,2H3. The zero-order valence-corrected chi connectivity index (χ0v) is 14.7. The molecular weight excluding hydrogens is 355 g/mol. The summed E-state index contributed by atoms with van der Waals surface area (Å²) in [7, 11) is 0. The van der Waals surface area contributed by atoms with Crippen LogP contribution in [0.1, 0.15) is 13.3 Å². The topological polar surface area (TPSA) is 82.1 Å². The normalized spacial score (nSPS) is 10.2. The van der Waals surface area contributed by atoms with E-state index in [0.29, 0.717) is 11.3 Å². The quantitative estimate of drug-likeness (QED) is 0.331. The van der Waals surface area contributed by atoms with Gasteiger partial charge in [0.1, 0.15) is 12.4 Å². The summed E-state index contributed by atoms with van der Waals surface area (Å²) in [6.07, 6.45) is -0.202. The van der Waals surface area contributed by atoms with Crippen LogP contribution < -0.4 is 9.47 Å². The van der Waals surface area contributed by atoms with Crippen LogP contribution in [-0.2, 0) is 14.3 Å². The Balaban J connectivity index is 1.96. The summed E-state index contributed by atoms with van der Waals surface area (Å²) in [5, 5.41) is 8.71. The van der Waals surface area contributed by atoms with Crippen molar-refractivity contribution < 1.29 is 33.3 Å². The highest BCUT2D eigenvalue weighted by Crippen LogP contribution is 2.27. The highest BCUT2D eigenvalue weighted by molar-refractivity contribution is 5.87. The van der Waals surface area contributed by atoms with Crippen molar-refractivity contribution in [3.05, 3.63) is 60.4 Å². The van der Waals surface area contributed by atoms with Gasteiger partial charge < -0.3 is 19.3 Å². The fourth-order valence-electron chi connectivity index (χ4n) is 2.11. The van der Waals surface area contributed by atoms with Crippen LogP contribution in [0.4, 0.5) is 4.39 Å². The number of hydrogen-bond acceptors (Lipinski definition) is 6. The molecular formula is C20H19FO6. The van der Waals surface area contributed by atoms with Crippen molar-refractivity contribution >= 4 is 11.9 Å². The van der Waals surface area contributed by atoms with Gasteiger partial charge in [-0.3, -0.25) is 4.79 Å². The first-order chi connectivity index (χ1) is 12.9. The molecule has 0 spiro atoms. The number of carbonyl (C=O) groups excluding carboxylic acids is 2. The van der Waals surface area contributed by atoms with E-state index in [9.17, 15) is 14.0 Å². The van der Waals surface area contributed by atoms with Gasteiger partial charge in [0.15, 0.2) is 18.4 Å². The van der Waals surface area contributed by atoms with Crippen molar-refractivity contribution in [2.75, 3.05) is 13.4 Å². The molecule has 0 heterocycles. The van der Waals surface area contributed by atoms with E-state index < -0.39 is 24.5 Å². The second-order valence-corrected chi connectivity index (χ2v) is 5.58. The number of aliphatic hydroxyl groups excluding tert-OH is 1. The lowest BCUT2D eigenvalue weighted by molar-refractivity contribution is -0.142. The molecule has 0 aliphatic heterocycles. The lowest BCUT2D eigenvalue weighted by Gasteiger charge is -2.09. The molecule has 0 amide bonds. The number of carbonyl (C=O) groups is 2. The molecule has 2 aromatic rings. The van der Waals surface area contributed by atoms with Gasteiger partial charge in [-0.15, -0.1) is 0 Å². The molecule has 0 bridgehead atoms. The Morgan fingerprint density at radius 1 is 1.11 bits per heavy atom. The Morgan fingerprint density at radius 3 is 2.37 bits per heavy atom. The van der Waals surface area contributed by atoms with Gasteiger partial charge in [-0.1, -0.05) is 24.8 Å². The molecule has 0 unspecified atom stereocenters. The average molecular weight is 374 g/mol. The lowest BCUT2D eigenvalue weighted by Crippen LogP contribution is -2.14. The molecule has 0 aliphatic carbocycles. The lowest BCUT2D eigenvalue weighted by atomic mass is 10.1. The Kier molecular flexibility index (Phi) is 7.08. The van der Waals surface area contributed by atoms with Crippen LogP contribution >= 0.6 is 0 Å². The largest absolute Gasteiger partial charge is 0.468 e. The second kappa shape index (κ2) is 9.49. The number of rotatable bonds is 8. The number of benzene rings is 2.